The molecule has 1 amide bonds. The van der Waals surface area contributed by atoms with Gasteiger partial charge in [0.15, 0.2) is 0 Å². The first-order valence-electron chi connectivity index (χ1n) is 7.47. The lowest BCUT2D eigenvalue weighted by atomic mass is 10.2. The molecule has 3 aromatic rings. The highest BCUT2D eigenvalue weighted by atomic mass is 79.9. The highest BCUT2D eigenvalue weighted by Gasteiger charge is 2.09. The van der Waals surface area contributed by atoms with Crippen LogP contribution in [0.25, 0.3) is 0 Å². The number of halogens is 1. The number of aromatic nitrogens is 1. The first kappa shape index (κ1) is 16.2. The molecule has 120 valence electrons. The molecule has 0 atom stereocenters. The van der Waals surface area contributed by atoms with E-state index in [0.29, 0.717) is 11.4 Å². The molecule has 1 aromatic heterocycles. The minimum Gasteiger partial charge on any atom is -0.340 e. The van der Waals surface area contributed by atoms with Crippen molar-refractivity contribution in [2.75, 3.05) is 10.6 Å². The molecule has 5 heteroatoms. The van der Waals surface area contributed by atoms with E-state index in [9.17, 15) is 4.79 Å². The molecule has 0 unspecified atom stereocenters. The van der Waals surface area contributed by atoms with Crippen LogP contribution in [0.2, 0.25) is 0 Å². The summed E-state index contributed by atoms with van der Waals surface area (Å²) in [5.41, 5.74) is 3.25. The maximum atomic E-state index is 12.5. The molecule has 0 spiro atoms. The van der Waals surface area contributed by atoms with Crippen LogP contribution in [-0.4, -0.2) is 10.9 Å². The Hall–Kier alpha value is -2.66. The number of para-hydroxylation sites is 1. The highest BCUT2D eigenvalue weighted by Crippen LogP contribution is 2.21. The number of hydrogen-bond acceptors (Lipinski definition) is 3. The van der Waals surface area contributed by atoms with Gasteiger partial charge in [0.1, 0.15) is 5.82 Å². The second kappa shape index (κ2) is 7.27. The summed E-state index contributed by atoms with van der Waals surface area (Å²) < 4.78 is 0.983. The molecule has 3 rings (SSSR count). The van der Waals surface area contributed by atoms with Crippen LogP contribution in [0, 0.1) is 6.92 Å². The smallest absolute Gasteiger partial charge is 0.255 e. The van der Waals surface area contributed by atoms with Crippen molar-refractivity contribution in [1.82, 2.24) is 4.98 Å². The zero-order chi connectivity index (χ0) is 16.9. The fourth-order valence-electron chi connectivity index (χ4n) is 2.27. The van der Waals surface area contributed by atoms with Crippen molar-refractivity contribution in [2.24, 2.45) is 0 Å². The van der Waals surface area contributed by atoms with E-state index in [1.807, 2.05) is 55.5 Å². The summed E-state index contributed by atoms with van der Waals surface area (Å²) in [6.07, 6.45) is 1.62. The number of anilines is 3. The summed E-state index contributed by atoms with van der Waals surface area (Å²) in [5, 5.41) is 6.11. The van der Waals surface area contributed by atoms with Gasteiger partial charge in [-0.05, 0) is 55.0 Å². The van der Waals surface area contributed by atoms with Gasteiger partial charge in [-0.2, -0.15) is 0 Å². The minimum atomic E-state index is -0.168. The standard InChI is InChI=1S/C19H16BrN3O/c1-13-11-15(20)7-8-17(13)23-19(24)14-9-10-21-18(12-14)22-16-5-3-2-4-6-16/h2-12H,1H3,(H,21,22)(H,23,24). The number of benzene rings is 2. The lowest BCUT2D eigenvalue weighted by Crippen LogP contribution is -2.13. The lowest BCUT2D eigenvalue weighted by molar-refractivity contribution is 0.102. The van der Waals surface area contributed by atoms with Gasteiger partial charge in [0, 0.05) is 27.6 Å². The molecule has 0 bridgehead atoms. The monoisotopic (exact) mass is 381 g/mol. The Morgan fingerprint density at radius 1 is 1.04 bits per heavy atom. The van der Waals surface area contributed by atoms with Crippen molar-refractivity contribution in [2.45, 2.75) is 6.92 Å². The maximum absolute atomic E-state index is 12.5. The Labute approximate surface area is 149 Å². The van der Waals surface area contributed by atoms with Crippen molar-refractivity contribution in [1.29, 1.82) is 0 Å². The molecule has 0 radical (unpaired) electrons. The third-order valence-corrected chi connectivity index (χ3v) is 4.00. The Bertz CT molecular complexity index is 865. The summed E-state index contributed by atoms with van der Waals surface area (Å²) in [6, 6.07) is 18.9. The molecule has 2 aromatic carbocycles. The number of amides is 1. The molecule has 0 saturated carbocycles. The summed E-state index contributed by atoms with van der Waals surface area (Å²) in [4.78, 5) is 16.7. The maximum Gasteiger partial charge on any atom is 0.255 e. The van der Waals surface area contributed by atoms with Gasteiger partial charge in [0.05, 0.1) is 0 Å². The van der Waals surface area contributed by atoms with E-state index in [2.05, 4.69) is 31.5 Å². The van der Waals surface area contributed by atoms with E-state index in [-0.39, 0.29) is 5.91 Å². The van der Waals surface area contributed by atoms with Gasteiger partial charge in [-0.1, -0.05) is 34.1 Å². The van der Waals surface area contributed by atoms with Crippen LogP contribution in [0.1, 0.15) is 15.9 Å². The second-order valence-corrected chi connectivity index (χ2v) is 6.25. The molecule has 0 aliphatic heterocycles. The zero-order valence-electron chi connectivity index (χ0n) is 13.1. The Balaban J connectivity index is 1.77. The Morgan fingerprint density at radius 2 is 1.83 bits per heavy atom. The SMILES string of the molecule is Cc1cc(Br)ccc1NC(=O)c1ccnc(Nc2ccccc2)c1. The number of nitrogens with one attached hydrogen (secondary N) is 2. The van der Waals surface area contributed by atoms with E-state index in [0.717, 1.165) is 21.4 Å². The van der Waals surface area contributed by atoms with Crippen LogP contribution in [-0.2, 0) is 0 Å². The van der Waals surface area contributed by atoms with Gasteiger partial charge >= 0.3 is 0 Å². The van der Waals surface area contributed by atoms with Crippen LogP contribution in [0.3, 0.4) is 0 Å². The minimum absolute atomic E-state index is 0.168. The number of aryl methyl sites for hydroxylation is 1. The van der Waals surface area contributed by atoms with Crippen LogP contribution in [0.4, 0.5) is 17.2 Å². The number of nitrogens with zero attached hydrogens (tertiary/aromatic N) is 1. The average Bonchev–Trinajstić information content (AvgIpc) is 2.58. The van der Waals surface area contributed by atoms with E-state index < -0.39 is 0 Å². The molecular formula is C19H16BrN3O. The molecule has 1 heterocycles. The van der Waals surface area contributed by atoms with Gasteiger partial charge in [-0.25, -0.2) is 4.98 Å². The largest absolute Gasteiger partial charge is 0.340 e. The van der Waals surface area contributed by atoms with Crippen LogP contribution in [0.5, 0.6) is 0 Å². The number of rotatable bonds is 4. The van der Waals surface area contributed by atoms with Gasteiger partial charge in [0.25, 0.3) is 5.91 Å². The fourth-order valence-corrected chi connectivity index (χ4v) is 2.75. The molecular weight excluding hydrogens is 366 g/mol. The first-order valence-corrected chi connectivity index (χ1v) is 8.27. The third-order valence-electron chi connectivity index (χ3n) is 3.50. The van der Waals surface area contributed by atoms with Crippen molar-refractivity contribution < 1.29 is 4.79 Å². The molecule has 0 aliphatic carbocycles. The third kappa shape index (κ3) is 4.00. The molecule has 4 nitrogen and oxygen atoms in total. The van der Waals surface area contributed by atoms with Gasteiger partial charge in [-0.15, -0.1) is 0 Å². The molecule has 0 fully saturated rings. The fraction of sp³-hybridized carbons (Fsp3) is 0.0526. The predicted octanol–water partition coefficient (Wildman–Crippen LogP) is 5.15. The van der Waals surface area contributed by atoms with Crippen molar-refractivity contribution in [3.8, 4) is 0 Å². The van der Waals surface area contributed by atoms with Gasteiger partial charge in [0.2, 0.25) is 0 Å². The van der Waals surface area contributed by atoms with Crippen molar-refractivity contribution in [3.05, 3.63) is 82.5 Å². The molecule has 0 aliphatic rings. The topological polar surface area (TPSA) is 54.0 Å². The quantitative estimate of drug-likeness (QED) is 0.656. The van der Waals surface area contributed by atoms with E-state index in [1.165, 1.54) is 0 Å². The highest BCUT2D eigenvalue weighted by molar-refractivity contribution is 9.10. The Kier molecular flexibility index (Phi) is 4.91. The number of carbonyl (C=O) groups excluding carboxylic acids is 1. The lowest BCUT2D eigenvalue weighted by Gasteiger charge is -2.10. The number of carbonyl (C=O) groups is 1. The van der Waals surface area contributed by atoms with Crippen LogP contribution >= 0.6 is 15.9 Å². The zero-order valence-corrected chi connectivity index (χ0v) is 14.7. The second-order valence-electron chi connectivity index (χ2n) is 5.33. The molecule has 24 heavy (non-hydrogen) atoms. The normalized spacial score (nSPS) is 10.2. The van der Waals surface area contributed by atoms with Gasteiger partial charge in [-0.3, -0.25) is 4.79 Å². The van der Waals surface area contributed by atoms with Crippen molar-refractivity contribution >= 4 is 39.0 Å². The summed E-state index contributed by atoms with van der Waals surface area (Å²) in [7, 11) is 0. The summed E-state index contributed by atoms with van der Waals surface area (Å²) in [5.74, 6) is 0.459. The van der Waals surface area contributed by atoms with Crippen LogP contribution < -0.4 is 10.6 Å². The predicted molar refractivity (Wildman–Crippen MR) is 101 cm³/mol. The van der Waals surface area contributed by atoms with E-state index in [1.54, 1.807) is 18.3 Å². The first-order chi connectivity index (χ1) is 11.6. The Morgan fingerprint density at radius 3 is 2.58 bits per heavy atom. The van der Waals surface area contributed by atoms with Crippen molar-refractivity contribution in [3.63, 3.8) is 0 Å². The van der Waals surface area contributed by atoms with Gasteiger partial charge < -0.3 is 10.6 Å². The molecule has 2 N–H and O–H groups in total. The molecule has 0 saturated heterocycles. The summed E-state index contributed by atoms with van der Waals surface area (Å²) in [6.45, 7) is 1.95. The number of pyridine rings is 1. The average molecular weight is 382 g/mol. The summed E-state index contributed by atoms with van der Waals surface area (Å²) >= 11 is 3.42. The van der Waals surface area contributed by atoms with E-state index in [4.69, 9.17) is 0 Å². The number of hydrogen-bond donors (Lipinski definition) is 2. The van der Waals surface area contributed by atoms with E-state index >= 15 is 0 Å². The van der Waals surface area contributed by atoms with Crippen LogP contribution in [0.15, 0.2) is 71.3 Å².